The second kappa shape index (κ2) is 10.8. The molecule has 1 aromatic rings. The Bertz CT molecular complexity index is 450. The van der Waals surface area contributed by atoms with Crippen LogP contribution in [0.15, 0.2) is 12.1 Å². The van der Waals surface area contributed by atoms with Crippen LogP contribution in [0.5, 0.6) is 0 Å². The zero-order valence-corrected chi connectivity index (χ0v) is 16.0. The number of hydrogen-bond donors (Lipinski definition) is 1. The van der Waals surface area contributed by atoms with Crippen LogP contribution in [-0.4, -0.2) is 12.3 Å². The minimum Gasteiger partial charge on any atom is -0.324 e. The van der Waals surface area contributed by atoms with Gasteiger partial charge in [0.25, 0.3) is 0 Å². The summed E-state index contributed by atoms with van der Waals surface area (Å²) in [5, 5.41) is 0.489. The van der Waals surface area contributed by atoms with Crippen LogP contribution in [-0.2, 0) is 4.79 Å². The predicted molar refractivity (Wildman–Crippen MR) is 97.3 cm³/mol. The van der Waals surface area contributed by atoms with E-state index in [2.05, 4.69) is 20.8 Å². The number of carbonyl (C=O) groups excluding carboxylic acids is 1. The molecule has 0 heterocycles. The molecule has 0 aromatic heterocycles. The maximum absolute atomic E-state index is 12.7. The van der Waals surface area contributed by atoms with Gasteiger partial charge >= 0.3 is 0 Å². The molecule has 0 aliphatic carbocycles. The highest BCUT2D eigenvalue weighted by molar-refractivity contribution is 6.31. The van der Waals surface area contributed by atoms with Crippen molar-refractivity contribution in [2.45, 2.75) is 54.4 Å². The van der Waals surface area contributed by atoms with Crippen molar-refractivity contribution in [3.63, 3.8) is 0 Å². The van der Waals surface area contributed by atoms with Crippen LogP contribution in [0.4, 0.5) is 4.39 Å². The highest BCUT2D eigenvalue weighted by Crippen LogP contribution is 2.26. The second-order valence-corrected chi connectivity index (χ2v) is 6.65. The van der Waals surface area contributed by atoms with Gasteiger partial charge in [0.1, 0.15) is 11.6 Å². The average molecular weight is 344 g/mol. The van der Waals surface area contributed by atoms with Gasteiger partial charge in [0, 0.05) is 10.9 Å². The van der Waals surface area contributed by atoms with Gasteiger partial charge in [-0.3, -0.25) is 4.79 Å². The molecule has 1 rings (SSSR count). The zero-order valence-electron chi connectivity index (χ0n) is 15.2. The van der Waals surface area contributed by atoms with Gasteiger partial charge < -0.3 is 5.73 Å². The van der Waals surface area contributed by atoms with E-state index in [1.165, 1.54) is 6.07 Å². The number of rotatable bonds is 6. The Balaban J connectivity index is 0.000000433. The number of ketones is 1. The minimum atomic E-state index is -0.240. The second-order valence-electron chi connectivity index (χ2n) is 6.25. The van der Waals surface area contributed by atoms with Crippen molar-refractivity contribution in [3.8, 4) is 0 Å². The van der Waals surface area contributed by atoms with E-state index in [1.807, 2.05) is 13.8 Å². The van der Waals surface area contributed by atoms with Gasteiger partial charge in [-0.05, 0) is 42.9 Å². The van der Waals surface area contributed by atoms with Crippen LogP contribution in [0.25, 0.3) is 0 Å². The van der Waals surface area contributed by atoms with Gasteiger partial charge in [-0.2, -0.15) is 0 Å². The van der Waals surface area contributed by atoms with Crippen molar-refractivity contribution in [2.75, 3.05) is 6.54 Å². The topological polar surface area (TPSA) is 43.1 Å². The van der Waals surface area contributed by atoms with Gasteiger partial charge in [0.05, 0.1) is 6.54 Å². The molecule has 0 radical (unpaired) electrons. The predicted octanol–water partition coefficient (Wildman–Crippen LogP) is 5.32. The number of carbonyl (C=O) groups is 1. The lowest BCUT2D eigenvalue weighted by molar-refractivity contribution is -0.123. The van der Waals surface area contributed by atoms with E-state index < -0.39 is 0 Å². The maximum Gasteiger partial charge on any atom is 0.149 e. The van der Waals surface area contributed by atoms with Gasteiger partial charge in [-0.1, -0.05) is 58.2 Å². The smallest absolute Gasteiger partial charge is 0.149 e. The Labute approximate surface area is 145 Å². The minimum absolute atomic E-state index is 0.120. The van der Waals surface area contributed by atoms with Gasteiger partial charge in [-0.25, -0.2) is 4.39 Å². The Morgan fingerprint density at radius 3 is 2.09 bits per heavy atom. The molecule has 0 aliphatic rings. The standard InChI is InChI=1S/C11H23NO.C8H8ClF/c1-5-10(6-2)8(3)9(4)11(13)7-12;1-5-3-6(2)8(10)4-7(5)9/h8-10H,5-7,12H2,1-4H3;3-4H,1-2H3. The first-order chi connectivity index (χ1) is 10.7. The fraction of sp³-hybridized carbons (Fsp3) is 0.632. The molecule has 2 atom stereocenters. The largest absolute Gasteiger partial charge is 0.324 e. The molecule has 2 N–H and O–H groups in total. The van der Waals surface area contributed by atoms with Crippen molar-refractivity contribution >= 4 is 17.4 Å². The highest BCUT2D eigenvalue weighted by atomic mass is 35.5. The molecule has 0 spiro atoms. The van der Waals surface area contributed by atoms with Gasteiger partial charge in [0.2, 0.25) is 0 Å². The molecule has 0 saturated carbocycles. The fourth-order valence-corrected chi connectivity index (χ4v) is 2.87. The molecule has 0 aliphatic heterocycles. The molecule has 2 nitrogen and oxygen atoms in total. The summed E-state index contributed by atoms with van der Waals surface area (Å²) >= 11 is 5.65. The number of aryl methyl sites for hydroxylation is 2. The summed E-state index contributed by atoms with van der Waals surface area (Å²) in [6, 6.07) is 3.07. The Kier molecular flexibility index (Phi) is 10.3. The van der Waals surface area contributed by atoms with Crippen molar-refractivity contribution in [2.24, 2.45) is 23.5 Å². The molecule has 1 aromatic carbocycles. The molecular weight excluding hydrogens is 313 g/mol. The Morgan fingerprint density at radius 1 is 1.17 bits per heavy atom. The van der Waals surface area contributed by atoms with E-state index in [1.54, 1.807) is 13.0 Å². The first-order valence-corrected chi connectivity index (χ1v) is 8.72. The van der Waals surface area contributed by atoms with E-state index in [9.17, 15) is 9.18 Å². The lowest BCUT2D eigenvalue weighted by Crippen LogP contribution is -2.29. The van der Waals surface area contributed by atoms with E-state index in [-0.39, 0.29) is 24.1 Å². The van der Waals surface area contributed by atoms with Crippen LogP contribution in [0.1, 0.15) is 51.7 Å². The van der Waals surface area contributed by atoms with Crippen LogP contribution in [0, 0.1) is 37.4 Å². The summed E-state index contributed by atoms with van der Waals surface area (Å²) in [7, 11) is 0. The van der Waals surface area contributed by atoms with Gasteiger partial charge in [-0.15, -0.1) is 0 Å². The first kappa shape index (κ1) is 22.1. The Hall–Kier alpha value is -0.930. The van der Waals surface area contributed by atoms with E-state index in [4.69, 9.17) is 17.3 Å². The third-order valence-electron chi connectivity index (χ3n) is 4.73. The summed E-state index contributed by atoms with van der Waals surface area (Å²) in [6.45, 7) is 12.3. The normalized spacial score (nSPS) is 13.3. The van der Waals surface area contributed by atoms with Crippen LogP contribution < -0.4 is 5.73 Å². The number of Topliss-reactive ketones (excluding diaryl/α,β-unsaturated/α-hetero) is 1. The summed E-state index contributed by atoms with van der Waals surface area (Å²) in [4.78, 5) is 11.4. The van der Waals surface area contributed by atoms with Crippen molar-refractivity contribution in [3.05, 3.63) is 34.1 Å². The summed E-state index contributed by atoms with van der Waals surface area (Å²) < 4.78 is 12.7. The lowest BCUT2D eigenvalue weighted by Gasteiger charge is -2.26. The maximum atomic E-state index is 12.7. The fourth-order valence-electron chi connectivity index (χ4n) is 2.72. The SMILES string of the molecule is CCC(CC)C(C)C(C)C(=O)CN.Cc1cc(C)c(Cl)cc1F. The van der Waals surface area contributed by atoms with E-state index in [0.717, 1.165) is 18.4 Å². The number of nitrogens with two attached hydrogens (primary N) is 1. The summed E-state index contributed by atoms with van der Waals surface area (Å²) in [6.07, 6.45) is 2.31. The lowest BCUT2D eigenvalue weighted by atomic mass is 9.79. The number of halogens is 2. The number of benzene rings is 1. The average Bonchev–Trinajstić information content (AvgIpc) is 2.53. The van der Waals surface area contributed by atoms with Crippen LogP contribution in [0.2, 0.25) is 5.02 Å². The monoisotopic (exact) mass is 343 g/mol. The third kappa shape index (κ3) is 7.01. The molecule has 0 saturated heterocycles. The summed E-state index contributed by atoms with van der Waals surface area (Å²) in [5.41, 5.74) is 6.90. The molecular formula is C19H31ClFNO. The van der Waals surface area contributed by atoms with Crippen LogP contribution >= 0.6 is 11.6 Å². The molecule has 132 valence electrons. The molecule has 4 heteroatoms. The molecule has 2 unspecified atom stereocenters. The van der Waals surface area contributed by atoms with E-state index >= 15 is 0 Å². The molecule has 0 amide bonds. The van der Waals surface area contributed by atoms with Crippen molar-refractivity contribution in [1.29, 1.82) is 0 Å². The van der Waals surface area contributed by atoms with E-state index in [0.29, 0.717) is 22.4 Å². The summed E-state index contributed by atoms with van der Waals surface area (Å²) in [5.74, 6) is 1.20. The molecule has 0 fully saturated rings. The first-order valence-electron chi connectivity index (χ1n) is 8.34. The van der Waals surface area contributed by atoms with Crippen molar-refractivity contribution in [1.82, 2.24) is 0 Å². The zero-order chi connectivity index (χ0) is 18.2. The van der Waals surface area contributed by atoms with Gasteiger partial charge in [0.15, 0.2) is 0 Å². The quantitative estimate of drug-likeness (QED) is 0.759. The highest BCUT2D eigenvalue weighted by Gasteiger charge is 2.24. The number of hydrogen-bond acceptors (Lipinski definition) is 2. The molecule has 23 heavy (non-hydrogen) atoms. The third-order valence-corrected chi connectivity index (χ3v) is 5.14. The van der Waals surface area contributed by atoms with Crippen LogP contribution in [0.3, 0.4) is 0 Å². The van der Waals surface area contributed by atoms with Crippen molar-refractivity contribution < 1.29 is 9.18 Å². The Morgan fingerprint density at radius 2 is 1.70 bits per heavy atom. The molecule has 0 bridgehead atoms.